The molecule has 9 heteroatoms. The molecule has 2 saturated heterocycles. The molecule has 1 atom stereocenters. The first-order valence-corrected chi connectivity index (χ1v) is 14.0. The van der Waals surface area contributed by atoms with Crippen molar-refractivity contribution in [2.75, 3.05) is 51.1 Å². The fourth-order valence-electron chi connectivity index (χ4n) is 5.52. The van der Waals surface area contributed by atoms with Gasteiger partial charge in [-0.1, -0.05) is 78.3 Å². The fourth-order valence-corrected chi connectivity index (χ4v) is 5.71. The van der Waals surface area contributed by atoms with Gasteiger partial charge in [-0.05, 0) is 29.3 Å². The monoisotopic (exact) mass is 559 g/mol. The lowest BCUT2D eigenvalue weighted by Crippen LogP contribution is -2.60. The molecular formula is C31H34ClN5O3. The van der Waals surface area contributed by atoms with E-state index in [4.69, 9.17) is 11.6 Å². The standard InChI is InChI=1S/C31H34ClN5O3/c32-25-12-7-13-26(20-25)34-28(38)21-27-31(40)33-14-15-37(27)29(39)22-35-16-18-36(19-17-35)30(23-8-3-1-4-9-23)24-10-5-2-6-11-24/h1-13,20,27,30H,14-19,21-22H2,(H,33,40)(H,34,38). The van der Waals surface area contributed by atoms with Gasteiger partial charge in [-0.15, -0.1) is 0 Å². The number of piperazine rings is 2. The van der Waals surface area contributed by atoms with E-state index in [1.54, 1.807) is 29.2 Å². The summed E-state index contributed by atoms with van der Waals surface area (Å²) >= 11 is 6.01. The minimum atomic E-state index is -0.845. The van der Waals surface area contributed by atoms with E-state index in [9.17, 15) is 14.4 Å². The van der Waals surface area contributed by atoms with E-state index in [2.05, 4.69) is 69.0 Å². The van der Waals surface area contributed by atoms with Crippen LogP contribution in [0.15, 0.2) is 84.9 Å². The van der Waals surface area contributed by atoms with Crippen LogP contribution in [0, 0.1) is 0 Å². The smallest absolute Gasteiger partial charge is 0.243 e. The molecule has 40 heavy (non-hydrogen) atoms. The molecule has 2 aliphatic rings. The van der Waals surface area contributed by atoms with Crippen molar-refractivity contribution in [2.45, 2.75) is 18.5 Å². The van der Waals surface area contributed by atoms with E-state index in [1.165, 1.54) is 11.1 Å². The van der Waals surface area contributed by atoms with Gasteiger partial charge in [-0.25, -0.2) is 0 Å². The van der Waals surface area contributed by atoms with Crippen molar-refractivity contribution < 1.29 is 14.4 Å². The number of carbonyl (C=O) groups excluding carboxylic acids is 3. The van der Waals surface area contributed by atoms with E-state index in [0.29, 0.717) is 23.8 Å². The molecule has 208 valence electrons. The predicted molar refractivity (Wildman–Crippen MR) is 156 cm³/mol. The lowest BCUT2D eigenvalue weighted by atomic mass is 9.96. The van der Waals surface area contributed by atoms with Gasteiger partial charge < -0.3 is 15.5 Å². The summed E-state index contributed by atoms with van der Waals surface area (Å²) in [4.78, 5) is 45.0. The summed E-state index contributed by atoms with van der Waals surface area (Å²) in [5.74, 6) is -0.783. The second-order valence-corrected chi connectivity index (χ2v) is 10.6. The molecule has 3 aromatic rings. The van der Waals surface area contributed by atoms with E-state index in [1.807, 2.05) is 12.1 Å². The molecule has 0 bridgehead atoms. The zero-order valence-electron chi connectivity index (χ0n) is 22.3. The third-order valence-corrected chi connectivity index (χ3v) is 7.73. The third kappa shape index (κ3) is 6.88. The second-order valence-electron chi connectivity index (χ2n) is 10.2. The van der Waals surface area contributed by atoms with Crippen LogP contribution in [0.2, 0.25) is 5.02 Å². The quantitative estimate of drug-likeness (QED) is 0.442. The largest absolute Gasteiger partial charge is 0.353 e. The maximum absolute atomic E-state index is 13.4. The Morgan fingerprint density at radius 2 is 1.52 bits per heavy atom. The van der Waals surface area contributed by atoms with Crippen LogP contribution in [0.3, 0.4) is 0 Å². The Balaban J connectivity index is 1.19. The number of amides is 3. The normalized spacial score (nSPS) is 18.4. The molecule has 2 aliphatic heterocycles. The number of halogens is 1. The van der Waals surface area contributed by atoms with Gasteiger partial charge in [0.25, 0.3) is 0 Å². The maximum atomic E-state index is 13.4. The van der Waals surface area contributed by atoms with Gasteiger partial charge in [0.1, 0.15) is 6.04 Å². The molecule has 0 aliphatic carbocycles. The SMILES string of the molecule is O=C(CC1C(=O)NCCN1C(=O)CN1CCN(C(c2ccccc2)c2ccccc2)CC1)Nc1cccc(Cl)c1. The molecule has 5 rings (SSSR count). The number of hydrogen-bond acceptors (Lipinski definition) is 5. The van der Waals surface area contributed by atoms with Gasteiger partial charge in [-0.2, -0.15) is 0 Å². The summed E-state index contributed by atoms with van der Waals surface area (Å²) < 4.78 is 0. The molecule has 1 unspecified atom stereocenters. The average molecular weight is 560 g/mol. The van der Waals surface area contributed by atoms with Crippen LogP contribution in [-0.4, -0.2) is 84.3 Å². The van der Waals surface area contributed by atoms with Crippen LogP contribution in [0.4, 0.5) is 5.69 Å². The number of nitrogens with one attached hydrogen (secondary N) is 2. The van der Waals surface area contributed by atoms with Crippen LogP contribution >= 0.6 is 11.6 Å². The predicted octanol–water partition coefficient (Wildman–Crippen LogP) is 3.40. The maximum Gasteiger partial charge on any atom is 0.243 e. The first-order chi connectivity index (χ1) is 19.5. The van der Waals surface area contributed by atoms with Gasteiger partial charge in [0.2, 0.25) is 17.7 Å². The molecule has 2 N–H and O–H groups in total. The van der Waals surface area contributed by atoms with Gasteiger partial charge in [0, 0.05) is 50.0 Å². The molecule has 0 radical (unpaired) electrons. The minimum Gasteiger partial charge on any atom is -0.353 e. The van der Waals surface area contributed by atoms with E-state index in [0.717, 1.165) is 26.2 Å². The van der Waals surface area contributed by atoms with Crippen molar-refractivity contribution in [3.8, 4) is 0 Å². The topological polar surface area (TPSA) is 85.0 Å². The summed E-state index contributed by atoms with van der Waals surface area (Å²) in [6.07, 6.45) is -0.117. The molecule has 0 spiro atoms. The zero-order chi connectivity index (χ0) is 27.9. The molecule has 2 heterocycles. The Labute approximate surface area is 239 Å². The van der Waals surface area contributed by atoms with Gasteiger partial charge >= 0.3 is 0 Å². The Bertz CT molecular complexity index is 1280. The summed E-state index contributed by atoms with van der Waals surface area (Å²) in [5.41, 5.74) is 3.04. The van der Waals surface area contributed by atoms with Crippen LogP contribution in [-0.2, 0) is 14.4 Å². The van der Waals surface area contributed by atoms with Crippen LogP contribution in [0.25, 0.3) is 0 Å². The first kappa shape index (κ1) is 27.8. The van der Waals surface area contributed by atoms with E-state index in [-0.39, 0.29) is 36.7 Å². The Kier molecular flexibility index (Phi) is 9.11. The molecular weight excluding hydrogens is 526 g/mol. The van der Waals surface area contributed by atoms with Crippen molar-refractivity contribution in [3.05, 3.63) is 101 Å². The Hall–Kier alpha value is -3.72. The van der Waals surface area contributed by atoms with Crippen molar-refractivity contribution in [1.29, 1.82) is 0 Å². The fraction of sp³-hybridized carbons (Fsp3) is 0.323. The Morgan fingerprint density at radius 1 is 0.875 bits per heavy atom. The first-order valence-electron chi connectivity index (χ1n) is 13.7. The lowest BCUT2D eigenvalue weighted by molar-refractivity contribution is -0.145. The van der Waals surface area contributed by atoms with Crippen LogP contribution < -0.4 is 10.6 Å². The van der Waals surface area contributed by atoms with E-state index < -0.39 is 6.04 Å². The highest BCUT2D eigenvalue weighted by atomic mass is 35.5. The molecule has 3 amide bonds. The lowest BCUT2D eigenvalue weighted by Gasteiger charge is -2.41. The average Bonchev–Trinajstić information content (AvgIpc) is 2.96. The summed E-state index contributed by atoms with van der Waals surface area (Å²) in [5, 5.41) is 6.07. The minimum absolute atomic E-state index is 0.117. The second kappa shape index (κ2) is 13.1. The number of benzene rings is 3. The van der Waals surface area contributed by atoms with Gasteiger partial charge in [-0.3, -0.25) is 24.2 Å². The molecule has 0 saturated carbocycles. The van der Waals surface area contributed by atoms with Crippen molar-refractivity contribution >= 4 is 35.0 Å². The van der Waals surface area contributed by atoms with Crippen LogP contribution in [0.1, 0.15) is 23.6 Å². The van der Waals surface area contributed by atoms with Gasteiger partial charge in [0.05, 0.1) is 19.0 Å². The van der Waals surface area contributed by atoms with E-state index >= 15 is 0 Å². The molecule has 2 fully saturated rings. The molecule has 3 aromatic carbocycles. The van der Waals surface area contributed by atoms with Crippen molar-refractivity contribution in [2.24, 2.45) is 0 Å². The highest BCUT2D eigenvalue weighted by Gasteiger charge is 2.36. The van der Waals surface area contributed by atoms with Crippen molar-refractivity contribution in [3.63, 3.8) is 0 Å². The number of carbonyl (C=O) groups is 3. The summed E-state index contributed by atoms with van der Waals surface area (Å²) in [6, 6.07) is 27.1. The number of hydrogen-bond donors (Lipinski definition) is 2. The summed E-state index contributed by atoms with van der Waals surface area (Å²) in [6.45, 7) is 4.07. The highest BCUT2D eigenvalue weighted by Crippen LogP contribution is 2.29. The highest BCUT2D eigenvalue weighted by molar-refractivity contribution is 6.30. The zero-order valence-corrected chi connectivity index (χ0v) is 23.1. The Morgan fingerprint density at radius 3 is 2.15 bits per heavy atom. The molecule has 0 aromatic heterocycles. The van der Waals surface area contributed by atoms with Crippen LogP contribution in [0.5, 0.6) is 0 Å². The third-order valence-electron chi connectivity index (χ3n) is 7.50. The molecule has 8 nitrogen and oxygen atoms in total. The number of nitrogens with zero attached hydrogens (tertiary/aromatic N) is 3. The summed E-state index contributed by atoms with van der Waals surface area (Å²) in [7, 11) is 0. The van der Waals surface area contributed by atoms with Crippen molar-refractivity contribution in [1.82, 2.24) is 20.0 Å². The van der Waals surface area contributed by atoms with Gasteiger partial charge in [0.15, 0.2) is 0 Å². The number of anilines is 1. The number of rotatable bonds is 8.